The van der Waals surface area contributed by atoms with E-state index in [1.54, 1.807) is 0 Å². The Balaban J connectivity index is 1.71. The van der Waals surface area contributed by atoms with Gasteiger partial charge in [-0.25, -0.2) is 0 Å². The van der Waals surface area contributed by atoms with E-state index in [0.717, 1.165) is 45.3 Å². The monoisotopic (exact) mass is 316 g/mol. The molecule has 0 aromatic carbocycles. The number of hydrogen-bond acceptors (Lipinski definition) is 7. The molecule has 0 aromatic heterocycles. The lowest BCUT2D eigenvalue weighted by atomic mass is 9.83. The van der Waals surface area contributed by atoms with Gasteiger partial charge in [0.05, 0.1) is 12.7 Å². The molecular formula is C15H32N4O3. The number of nitrogens with one attached hydrogen (secondary N) is 3. The highest BCUT2D eigenvalue weighted by molar-refractivity contribution is 4.85. The topological polar surface area (TPSA) is 123 Å². The van der Waals surface area contributed by atoms with Gasteiger partial charge in [0.1, 0.15) is 6.23 Å². The van der Waals surface area contributed by atoms with Crippen LogP contribution in [0.15, 0.2) is 0 Å². The van der Waals surface area contributed by atoms with Crippen molar-refractivity contribution in [3.05, 3.63) is 0 Å². The third-order valence-electron chi connectivity index (χ3n) is 4.93. The van der Waals surface area contributed by atoms with Crippen molar-refractivity contribution in [3.8, 4) is 0 Å². The first kappa shape index (κ1) is 18.1. The van der Waals surface area contributed by atoms with Crippen molar-refractivity contribution in [1.82, 2.24) is 16.0 Å². The summed E-state index contributed by atoms with van der Waals surface area (Å²) in [5.41, 5.74) is 6.06. The van der Waals surface area contributed by atoms with Gasteiger partial charge in [-0.05, 0) is 44.4 Å². The fourth-order valence-electron chi connectivity index (χ4n) is 3.50. The predicted octanol–water partition coefficient (Wildman–Crippen LogP) is -1.57. The van der Waals surface area contributed by atoms with Crippen molar-refractivity contribution in [2.75, 3.05) is 19.8 Å². The highest BCUT2D eigenvalue weighted by Gasteiger charge is 2.26. The molecule has 7 nitrogen and oxygen atoms in total. The molecule has 130 valence electrons. The summed E-state index contributed by atoms with van der Waals surface area (Å²) in [4.78, 5) is 0. The number of aliphatic hydroxyl groups is 3. The molecule has 2 fully saturated rings. The summed E-state index contributed by atoms with van der Waals surface area (Å²) in [5.74, 6) is 0.497. The zero-order valence-electron chi connectivity index (χ0n) is 13.2. The fourth-order valence-corrected chi connectivity index (χ4v) is 3.50. The Morgan fingerprint density at radius 2 is 1.91 bits per heavy atom. The van der Waals surface area contributed by atoms with Gasteiger partial charge < -0.3 is 31.7 Å². The first-order chi connectivity index (χ1) is 10.6. The molecule has 0 amide bonds. The smallest absolute Gasteiger partial charge is 0.120 e. The van der Waals surface area contributed by atoms with E-state index in [4.69, 9.17) is 5.73 Å². The van der Waals surface area contributed by atoms with Crippen LogP contribution in [0.25, 0.3) is 0 Å². The van der Waals surface area contributed by atoms with Crippen LogP contribution in [-0.2, 0) is 0 Å². The van der Waals surface area contributed by atoms with Crippen molar-refractivity contribution < 1.29 is 15.3 Å². The molecule has 1 aliphatic heterocycles. The van der Waals surface area contributed by atoms with Crippen molar-refractivity contribution in [2.24, 2.45) is 11.7 Å². The van der Waals surface area contributed by atoms with Crippen molar-refractivity contribution in [1.29, 1.82) is 0 Å². The summed E-state index contributed by atoms with van der Waals surface area (Å²) >= 11 is 0. The minimum Gasteiger partial charge on any atom is -0.395 e. The van der Waals surface area contributed by atoms with Crippen LogP contribution in [0, 0.1) is 5.92 Å². The summed E-state index contributed by atoms with van der Waals surface area (Å²) in [6, 6.07) is -0.213. The molecular weight excluding hydrogens is 284 g/mol. The Labute approximate surface area is 132 Å². The van der Waals surface area contributed by atoms with Crippen LogP contribution < -0.4 is 21.7 Å². The molecule has 4 unspecified atom stereocenters. The zero-order valence-corrected chi connectivity index (χ0v) is 13.2. The standard InChI is InChI=1S/C15H32N4O3/c16-14(6-11-7-17-9-18-11)15(22)19-12(8-20)5-10-1-3-13(21)4-2-10/h10-15,17-22H,1-9,16H2. The van der Waals surface area contributed by atoms with Crippen LogP contribution in [0.3, 0.4) is 0 Å². The Morgan fingerprint density at radius 3 is 2.50 bits per heavy atom. The van der Waals surface area contributed by atoms with Gasteiger partial charge in [0.15, 0.2) is 0 Å². The maximum Gasteiger partial charge on any atom is 0.120 e. The quantitative estimate of drug-likeness (QED) is 0.270. The minimum atomic E-state index is -0.811. The molecule has 1 saturated heterocycles. The molecule has 0 spiro atoms. The molecule has 7 heteroatoms. The van der Waals surface area contributed by atoms with E-state index in [0.29, 0.717) is 18.4 Å². The van der Waals surface area contributed by atoms with Crippen LogP contribution in [0.5, 0.6) is 0 Å². The average molecular weight is 316 g/mol. The van der Waals surface area contributed by atoms with E-state index in [9.17, 15) is 15.3 Å². The van der Waals surface area contributed by atoms with Gasteiger partial charge in [-0.1, -0.05) is 0 Å². The summed E-state index contributed by atoms with van der Waals surface area (Å²) in [7, 11) is 0. The Bertz CT molecular complexity index is 307. The third kappa shape index (κ3) is 5.73. The second-order valence-electron chi connectivity index (χ2n) is 6.83. The Hall–Kier alpha value is -0.280. The van der Waals surface area contributed by atoms with Gasteiger partial charge in [0, 0.05) is 31.3 Å². The van der Waals surface area contributed by atoms with E-state index >= 15 is 0 Å². The summed E-state index contributed by atoms with van der Waals surface area (Å²) < 4.78 is 0. The molecule has 2 rings (SSSR count). The molecule has 0 bridgehead atoms. The second-order valence-corrected chi connectivity index (χ2v) is 6.83. The van der Waals surface area contributed by atoms with Gasteiger partial charge in [-0.15, -0.1) is 0 Å². The van der Waals surface area contributed by atoms with Crippen molar-refractivity contribution in [3.63, 3.8) is 0 Å². The first-order valence-electron chi connectivity index (χ1n) is 8.51. The van der Waals surface area contributed by atoms with Gasteiger partial charge in [0.2, 0.25) is 0 Å². The number of aliphatic hydroxyl groups excluding tert-OH is 3. The fraction of sp³-hybridized carbons (Fsp3) is 1.00. The van der Waals surface area contributed by atoms with E-state index in [1.165, 1.54) is 0 Å². The molecule has 22 heavy (non-hydrogen) atoms. The predicted molar refractivity (Wildman–Crippen MR) is 85.0 cm³/mol. The molecule has 2 aliphatic rings. The molecule has 1 saturated carbocycles. The molecule has 8 N–H and O–H groups in total. The number of hydrogen-bond donors (Lipinski definition) is 7. The molecule has 0 radical (unpaired) electrons. The van der Waals surface area contributed by atoms with Crippen LogP contribution in [0.1, 0.15) is 38.5 Å². The van der Waals surface area contributed by atoms with Crippen LogP contribution >= 0.6 is 0 Å². The number of nitrogens with two attached hydrogens (primary N) is 1. The average Bonchev–Trinajstić information content (AvgIpc) is 3.01. The van der Waals surface area contributed by atoms with Crippen LogP contribution in [0.4, 0.5) is 0 Å². The van der Waals surface area contributed by atoms with E-state index in [2.05, 4.69) is 16.0 Å². The first-order valence-corrected chi connectivity index (χ1v) is 8.51. The molecule has 0 aromatic rings. The van der Waals surface area contributed by atoms with Crippen LogP contribution in [-0.4, -0.2) is 65.6 Å². The normalized spacial score (nSPS) is 33.5. The van der Waals surface area contributed by atoms with Gasteiger partial charge in [-0.2, -0.15) is 0 Å². The molecule has 4 atom stereocenters. The SMILES string of the molecule is NC(CC1CNCN1)C(O)NC(CO)CC1CCC(O)CC1. The van der Waals surface area contributed by atoms with Crippen LogP contribution in [0.2, 0.25) is 0 Å². The number of rotatable bonds is 8. The maximum absolute atomic E-state index is 10.2. The summed E-state index contributed by atoms with van der Waals surface area (Å²) in [6.07, 6.45) is 4.18. The van der Waals surface area contributed by atoms with Crippen molar-refractivity contribution in [2.45, 2.75) is 69.0 Å². The van der Waals surface area contributed by atoms with E-state index in [1.807, 2.05) is 0 Å². The lowest BCUT2D eigenvalue weighted by Crippen LogP contribution is -2.52. The Kier molecular flexibility index (Phi) is 7.49. The van der Waals surface area contributed by atoms with Gasteiger partial charge >= 0.3 is 0 Å². The summed E-state index contributed by atoms with van der Waals surface area (Å²) in [6.45, 7) is 1.65. The highest BCUT2D eigenvalue weighted by atomic mass is 16.3. The lowest BCUT2D eigenvalue weighted by molar-refractivity contribution is 0.0606. The zero-order chi connectivity index (χ0) is 15.9. The molecule has 1 heterocycles. The maximum atomic E-state index is 10.2. The molecule has 1 aliphatic carbocycles. The van der Waals surface area contributed by atoms with Crippen molar-refractivity contribution >= 4 is 0 Å². The lowest BCUT2D eigenvalue weighted by Gasteiger charge is -2.31. The highest BCUT2D eigenvalue weighted by Crippen LogP contribution is 2.27. The van der Waals surface area contributed by atoms with Gasteiger partial charge in [0.25, 0.3) is 0 Å². The largest absolute Gasteiger partial charge is 0.395 e. The third-order valence-corrected chi connectivity index (χ3v) is 4.93. The van der Waals surface area contributed by atoms with E-state index < -0.39 is 6.23 Å². The summed E-state index contributed by atoms with van der Waals surface area (Å²) in [5, 5.41) is 38.8. The van der Waals surface area contributed by atoms with E-state index in [-0.39, 0.29) is 24.8 Å². The minimum absolute atomic E-state index is 0.00787. The Morgan fingerprint density at radius 1 is 1.18 bits per heavy atom. The second kappa shape index (κ2) is 9.12. The van der Waals surface area contributed by atoms with Gasteiger partial charge in [-0.3, -0.25) is 5.32 Å².